The molecular weight excluding hydrogens is 278 g/mol. The second-order valence-corrected chi connectivity index (χ2v) is 8.55. The van der Waals surface area contributed by atoms with Gasteiger partial charge in [-0.25, -0.2) is 8.42 Å². The monoisotopic (exact) mass is 297 g/mol. The van der Waals surface area contributed by atoms with Crippen molar-refractivity contribution >= 4 is 15.7 Å². The molecule has 0 aromatic heterocycles. The smallest absolute Gasteiger partial charge is 0.254 e. The molecule has 0 saturated carbocycles. The summed E-state index contributed by atoms with van der Waals surface area (Å²) in [5, 5.41) is 9.67. The van der Waals surface area contributed by atoms with Crippen LogP contribution in [0.15, 0.2) is 18.2 Å². The predicted octanol–water partition coefficient (Wildman–Crippen LogP) is 1.35. The van der Waals surface area contributed by atoms with Crippen molar-refractivity contribution in [1.82, 2.24) is 4.90 Å². The van der Waals surface area contributed by atoms with E-state index in [0.29, 0.717) is 11.1 Å². The Morgan fingerprint density at radius 2 is 2.00 bits per heavy atom. The van der Waals surface area contributed by atoms with Gasteiger partial charge in [0.2, 0.25) is 0 Å². The fourth-order valence-electron chi connectivity index (χ4n) is 2.24. The predicted molar refractivity (Wildman–Crippen MR) is 76.6 cm³/mol. The molecule has 1 heterocycles. The molecule has 1 saturated heterocycles. The van der Waals surface area contributed by atoms with E-state index in [1.54, 1.807) is 32.9 Å². The van der Waals surface area contributed by atoms with Crippen LogP contribution in [0.5, 0.6) is 5.75 Å². The first-order valence-corrected chi connectivity index (χ1v) is 8.10. The van der Waals surface area contributed by atoms with Crippen LogP contribution in [0.3, 0.4) is 0 Å². The zero-order valence-corrected chi connectivity index (χ0v) is 12.7. The number of phenolic OH excluding ortho intramolecular Hbond substituents is 1. The van der Waals surface area contributed by atoms with Crippen LogP contribution in [0.1, 0.15) is 29.8 Å². The van der Waals surface area contributed by atoms with Crippen LogP contribution in [-0.4, -0.2) is 47.9 Å². The zero-order valence-electron chi connectivity index (χ0n) is 11.9. The van der Waals surface area contributed by atoms with E-state index in [1.807, 2.05) is 0 Å². The maximum Gasteiger partial charge on any atom is 0.254 e. The Hall–Kier alpha value is -1.56. The Balaban J connectivity index is 2.25. The van der Waals surface area contributed by atoms with Crippen LogP contribution in [-0.2, 0) is 9.84 Å². The normalized spacial score (nSPS) is 20.6. The molecule has 0 spiro atoms. The summed E-state index contributed by atoms with van der Waals surface area (Å²) in [6, 6.07) is 4.75. The Labute approximate surface area is 119 Å². The standard InChI is InChI=1S/C14H19NO4S/c1-10-4-5-11(8-12(10)16)13(17)15-6-7-20(18,19)14(2,3)9-15/h4-5,8,16H,6-7,9H2,1-3H3. The number of amides is 1. The van der Waals surface area contributed by atoms with Crippen molar-refractivity contribution in [1.29, 1.82) is 0 Å². The molecule has 1 amide bonds. The van der Waals surface area contributed by atoms with Gasteiger partial charge in [-0.15, -0.1) is 0 Å². The van der Waals surface area contributed by atoms with Gasteiger partial charge in [-0.2, -0.15) is 0 Å². The van der Waals surface area contributed by atoms with Gasteiger partial charge in [-0.1, -0.05) is 6.07 Å². The summed E-state index contributed by atoms with van der Waals surface area (Å²) in [5.74, 6) is -0.202. The van der Waals surface area contributed by atoms with E-state index in [0.717, 1.165) is 0 Å². The summed E-state index contributed by atoms with van der Waals surface area (Å²) in [6.45, 7) is 5.38. The van der Waals surface area contributed by atoms with E-state index in [1.165, 1.54) is 11.0 Å². The van der Waals surface area contributed by atoms with Crippen LogP contribution in [0.2, 0.25) is 0 Å². The SMILES string of the molecule is Cc1ccc(C(=O)N2CCS(=O)(=O)C(C)(C)C2)cc1O. The summed E-state index contributed by atoms with van der Waals surface area (Å²) in [7, 11) is -3.17. The fourth-order valence-corrected chi connectivity index (χ4v) is 3.61. The lowest BCUT2D eigenvalue weighted by Gasteiger charge is -2.37. The number of nitrogens with zero attached hydrogens (tertiary/aromatic N) is 1. The van der Waals surface area contributed by atoms with Crippen LogP contribution in [0, 0.1) is 6.92 Å². The van der Waals surface area contributed by atoms with E-state index in [2.05, 4.69) is 0 Å². The molecule has 6 heteroatoms. The average molecular weight is 297 g/mol. The van der Waals surface area contributed by atoms with Crippen molar-refractivity contribution in [2.75, 3.05) is 18.8 Å². The minimum atomic E-state index is -3.17. The molecular formula is C14H19NO4S. The first kappa shape index (κ1) is 14.8. The molecule has 0 unspecified atom stereocenters. The molecule has 5 nitrogen and oxygen atoms in total. The number of sulfone groups is 1. The molecule has 0 radical (unpaired) electrons. The number of hydrogen-bond donors (Lipinski definition) is 1. The Kier molecular flexibility index (Phi) is 3.54. The minimum absolute atomic E-state index is 0.0242. The van der Waals surface area contributed by atoms with Crippen LogP contribution >= 0.6 is 0 Å². The van der Waals surface area contributed by atoms with Crippen LogP contribution in [0.4, 0.5) is 0 Å². The third-order valence-corrected chi connectivity index (χ3v) is 6.32. The lowest BCUT2D eigenvalue weighted by Crippen LogP contribution is -2.54. The van der Waals surface area contributed by atoms with Crippen LogP contribution in [0.25, 0.3) is 0 Å². The molecule has 1 N–H and O–H groups in total. The molecule has 2 rings (SSSR count). The second kappa shape index (κ2) is 4.77. The fraction of sp³-hybridized carbons (Fsp3) is 0.500. The highest BCUT2D eigenvalue weighted by molar-refractivity contribution is 7.92. The van der Waals surface area contributed by atoms with Crippen molar-refractivity contribution < 1.29 is 18.3 Å². The number of benzene rings is 1. The Morgan fingerprint density at radius 1 is 1.35 bits per heavy atom. The lowest BCUT2D eigenvalue weighted by atomic mass is 10.1. The summed E-state index contributed by atoms with van der Waals surface area (Å²) in [6.07, 6.45) is 0. The van der Waals surface area contributed by atoms with Gasteiger partial charge in [0, 0.05) is 18.7 Å². The van der Waals surface area contributed by atoms with Gasteiger partial charge >= 0.3 is 0 Å². The molecule has 1 fully saturated rings. The van der Waals surface area contributed by atoms with Gasteiger partial charge < -0.3 is 10.0 Å². The molecule has 20 heavy (non-hydrogen) atoms. The van der Waals surface area contributed by atoms with Gasteiger partial charge in [0.1, 0.15) is 5.75 Å². The number of aryl methyl sites for hydroxylation is 1. The third kappa shape index (κ3) is 2.52. The van der Waals surface area contributed by atoms with Gasteiger partial charge in [0.25, 0.3) is 5.91 Å². The quantitative estimate of drug-likeness (QED) is 0.849. The maximum absolute atomic E-state index is 12.4. The first-order chi connectivity index (χ1) is 9.14. The van der Waals surface area contributed by atoms with Crippen molar-refractivity contribution in [2.45, 2.75) is 25.5 Å². The molecule has 110 valence electrons. The number of rotatable bonds is 1. The largest absolute Gasteiger partial charge is 0.508 e. The molecule has 0 atom stereocenters. The number of phenols is 1. The number of hydrogen-bond acceptors (Lipinski definition) is 4. The minimum Gasteiger partial charge on any atom is -0.508 e. The summed E-state index contributed by atoms with van der Waals surface area (Å²) in [4.78, 5) is 13.9. The highest BCUT2D eigenvalue weighted by Crippen LogP contribution is 2.26. The van der Waals surface area contributed by atoms with Crippen molar-refractivity contribution in [3.8, 4) is 5.75 Å². The summed E-state index contributed by atoms with van der Waals surface area (Å²) in [5.41, 5.74) is 1.08. The molecule has 1 aliphatic rings. The van der Waals surface area contributed by atoms with Gasteiger partial charge in [-0.3, -0.25) is 4.79 Å². The number of aromatic hydroxyl groups is 1. The molecule has 0 aliphatic carbocycles. The first-order valence-electron chi connectivity index (χ1n) is 6.45. The molecule has 1 aromatic rings. The van der Waals surface area contributed by atoms with Crippen LogP contribution < -0.4 is 0 Å². The highest BCUT2D eigenvalue weighted by Gasteiger charge is 2.41. The van der Waals surface area contributed by atoms with E-state index in [9.17, 15) is 18.3 Å². The van der Waals surface area contributed by atoms with Gasteiger partial charge in [0.05, 0.1) is 10.5 Å². The van der Waals surface area contributed by atoms with E-state index in [-0.39, 0.29) is 30.5 Å². The third-order valence-electron chi connectivity index (χ3n) is 3.79. The molecule has 1 aromatic carbocycles. The summed E-state index contributed by atoms with van der Waals surface area (Å²) < 4.78 is 22.9. The molecule has 0 bridgehead atoms. The Bertz CT molecular complexity index is 649. The van der Waals surface area contributed by atoms with E-state index in [4.69, 9.17) is 0 Å². The topological polar surface area (TPSA) is 74.7 Å². The highest BCUT2D eigenvalue weighted by atomic mass is 32.2. The Morgan fingerprint density at radius 3 is 2.55 bits per heavy atom. The average Bonchev–Trinajstić information content (AvgIpc) is 2.35. The van der Waals surface area contributed by atoms with Gasteiger partial charge in [-0.05, 0) is 38.5 Å². The van der Waals surface area contributed by atoms with Crippen molar-refractivity contribution in [3.05, 3.63) is 29.3 Å². The number of carbonyl (C=O) groups excluding carboxylic acids is 1. The summed E-state index contributed by atoms with van der Waals surface area (Å²) >= 11 is 0. The van der Waals surface area contributed by atoms with E-state index < -0.39 is 14.6 Å². The van der Waals surface area contributed by atoms with Crippen molar-refractivity contribution in [3.63, 3.8) is 0 Å². The number of carbonyl (C=O) groups is 1. The van der Waals surface area contributed by atoms with Gasteiger partial charge in [0.15, 0.2) is 9.84 Å². The second-order valence-electron chi connectivity index (χ2n) is 5.81. The zero-order chi connectivity index (χ0) is 15.1. The maximum atomic E-state index is 12.4. The molecule has 1 aliphatic heterocycles. The lowest BCUT2D eigenvalue weighted by molar-refractivity contribution is 0.0743. The van der Waals surface area contributed by atoms with E-state index >= 15 is 0 Å². The van der Waals surface area contributed by atoms with Crippen molar-refractivity contribution in [2.24, 2.45) is 0 Å².